The van der Waals surface area contributed by atoms with Gasteiger partial charge in [0.2, 0.25) is 15.8 Å². The maximum Gasteiger partial charge on any atom is 0.268 e. The molecule has 1 N–H and O–H groups in total. The molecule has 3 aromatic rings. The van der Waals surface area contributed by atoms with E-state index in [1.54, 1.807) is 25.1 Å². The van der Waals surface area contributed by atoms with E-state index in [0.29, 0.717) is 27.7 Å². The Bertz CT molecular complexity index is 1130. The first kappa shape index (κ1) is 21.1. The van der Waals surface area contributed by atoms with Gasteiger partial charge in [0.15, 0.2) is 0 Å². The fourth-order valence-electron chi connectivity index (χ4n) is 3.70. The van der Waals surface area contributed by atoms with Crippen molar-refractivity contribution in [2.75, 3.05) is 19.6 Å². The summed E-state index contributed by atoms with van der Waals surface area (Å²) in [6.45, 7) is 6.18. The lowest BCUT2D eigenvalue weighted by atomic mass is 10.2. The monoisotopic (exact) mass is 450 g/mol. The number of thiophene rings is 1. The quantitative estimate of drug-likeness (QED) is 0.591. The molecule has 0 saturated carbocycles. The minimum Gasteiger partial charge on any atom is -0.333 e. The summed E-state index contributed by atoms with van der Waals surface area (Å²) in [5.41, 5.74) is 0.617. The van der Waals surface area contributed by atoms with Crippen LogP contribution in [0.4, 0.5) is 4.39 Å². The number of hydrogen-bond donors (Lipinski definition) is 1. The SMILES string of the molecule is CCN1CCCC1CNS(=O)(=O)c1cc(-c2nc(-c3ccc(F)cc3)no2)sc1C. The third-order valence-corrected chi connectivity index (χ3v) is 8.03. The fourth-order valence-corrected chi connectivity index (χ4v) is 6.29. The largest absolute Gasteiger partial charge is 0.333 e. The van der Waals surface area contributed by atoms with Crippen molar-refractivity contribution in [1.82, 2.24) is 19.8 Å². The van der Waals surface area contributed by atoms with E-state index in [2.05, 4.69) is 26.7 Å². The highest BCUT2D eigenvalue weighted by molar-refractivity contribution is 7.89. The molecule has 0 spiro atoms. The van der Waals surface area contributed by atoms with Gasteiger partial charge < -0.3 is 4.52 Å². The van der Waals surface area contributed by atoms with Crippen LogP contribution in [-0.4, -0.2) is 49.1 Å². The van der Waals surface area contributed by atoms with Gasteiger partial charge in [0.1, 0.15) is 5.82 Å². The average Bonchev–Trinajstić information content (AvgIpc) is 3.46. The zero-order valence-corrected chi connectivity index (χ0v) is 18.4. The van der Waals surface area contributed by atoms with E-state index in [9.17, 15) is 12.8 Å². The molecule has 10 heteroatoms. The van der Waals surface area contributed by atoms with Crippen molar-refractivity contribution in [3.05, 3.63) is 41.0 Å². The highest BCUT2D eigenvalue weighted by Gasteiger charge is 2.27. The van der Waals surface area contributed by atoms with Crippen LogP contribution in [0.15, 0.2) is 39.8 Å². The second-order valence-corrected chi connectivity index (χ2v) is 10.2. The number of aryl methyl sites for hydroxylation is 1. The summed E-state index contributed by atoms with van der Waals surface area (Å²) in [4.78, 5) is 8.08. The van der Waals surface area contributed by atoms with Crippen molar-refractivity contribution in [2.45, 2.75) is 37.6 Å². The molecule has 0 radical (unpaired) electrons. The van der Waals surface area contributed by atoms with E-state index >= 15 is 0 Å². The third kappa shape index (κ3) is 4.31. The van der Waals surface area contributed by atoms with Crippen LogP contribution in [0, 0.1) is 12.7 Å². The lowest BCUT2D eigenvalue weighted by molar-refractivity contribution is 0.268. The highest BCUT2D eigenvalue weighted by atomic mass is 32.2. The number of benzene rings is 1. The Morgan fingerprint density at radius 2 is 2.10 bits per heavy atom. The number of likely N-dealkylation sites (tertiary alicyclic amines) is 1. The second-order valence-electron chi connectivity index (χ2n) is 7.24. The molecule has 30 heavy (non-hydrogen) atoms. The predicted octanol–water partition coefficient (Wildman–Crippen LogP) is 3.68. The molecule has 0 amide bonds. The molecule has 7 nitrogen and oxygen atoms in total. The van der Waals surface area contributed by atoms with Gasteiger partial charge in [-0.1, -0.05) is 12.1 Å². The van der Waals surface area contributed by atoms with Gasteiger partial charge in [-0.25, -0.2) is 17.5 Å². The van der Waals surface area contributed by atoms with E-state index in [1.165, 1.54) is 23.5 Å². The molecule has 0 bridgehead atoms. The van der Waals surface area contributed by atoms with Gasteiger partial charge in [0.25, 0.3) is 5.89 Å². The first-order valence-electron chi connectivity index (χ1n) is 9.81. The normalized spacial score (nSPS) is 17.6. The lowest BCUT2D eigenvalue weighted by Gasteiger charge is -2.22. The number of nitrogens with one attached hydrogen (secondary N) is 1. The van der Waals surface area contributed by atoms with Crippen LogP contribution in [0.2, 0.25) is 0 Å². The maximum absolute atomic E-state index is 13.1. The first-order valence-corrected chi connectivity index (χ1v) is 12.1. The van der Waals surface area contributed by atoms with Gasteiger partial charge in [-0.3, -0.25) is 4.90 Å². The Balaban J connectivity index is 1.52. The maximum atomic E-state index is 13.1. The topological polar surface area (TPSA) is 88.3 Å². The predicted molar refractivity (Wildman–Crippen MR) is 113 cm³/mol. The molecule has 1 aliphatic rings. The molecule has 1 aromatic carbocycles. The van der Waals surface area contributed by atoms with Crippen LogP contribution in [0.3, 0.4) is 0 Å². The Morgan fingerprint density at radius 1 is 1.33 bits per heavy atom. The number of halogens is 1. The lowest BCUT2D eigenvalue weighted by Crippen LogP contribution is -2.40. The fraction of sp³-hybridized carbons (Fsp3) is 0.400. The molecule has 160 valence electrons. The summed E-state index contributed by atoms with van der Waals surface area (Å²) in [5.74, 6) is 0.203. The van der Waals surface area contributed by atoms with Crippen LogP contribution < -0.4 is 4.72 Å². The number of likely N-dealkylation sites (N-methyl/N-ethyl adjacent to an activating group) is 1. The zero-order valence-electron chi connectivity index (χ0n) is 16.8. The van der Waals surface area contributed by atoms with E-state index < -0.39 is 10.0 Å². The highest BCUT2D eigenvalue weighted by Crippen LogP contribution is 2.33. The van der Waals surface area contributed by atoms with Gasteiger partial charge >= 0.3 is 0 Å². The van der Waals surface area contributed by atoms with Gasteiger partial charge in [-0.15, -0.1) is 11.3 Å². The molecule has 3 heterocycles. The minimum atomic E-state index is -3.65. The zero-order chi connectivity index (χ0) is 21.3. The molecule has 1 aliphatic heterocycles. The summed E-state index contributed by atoms with van der Waals surface area (Å²) in [7, 11) is -3.65. The molecule has 0 aliphatic carbocycles. The molecule has 2 aromatic heterocycles. The average molecular weight is 451 g/mol. The molecular weight excluding hydrogens is 427 g/mol. The van der Waals surface area contributed by atoms with Gasteiger partial charge in [-0.2, -0.15) is 4.98 Å². The van der Waals surface area contributed by atoms with Crippen LogP contribution >= 0.6 is 11.3 Å². The van der Waals surface area contributed by atoms with E-state index in [4.69, 9.17) is 4.52 Å². The van der Waals surface area contributed by atoms with Crippen molar-refractivity contribution in [3.8, 4) is 22.2 Å². The molecule has 4 rings (SSSR count). The number of rotatable bonds is 7. The van der Waals surface area contributed by atoms with Crippen LogP contribution in [0.5, 0.6) is 0 Å². The van der Waals surface area contributed by atoms with Crippen molar-refractivity contribution in [3.63, 3.8) is 0 Å². The Morgan fingerprint density at radius 3 is 2.83 bits per heavy atom. The van der Waals surface area contributed by atoms with Gasteiger partial charge in [0, 0.05) is 23.0 Å². The first-order chi connectivity index (χ1) is 14.4. The van der Waals surface area contributed by atoms with Crippen LogP contribution in [-0.2, 0) is 10.0 Å². The smallest absolute Gasteiger partial charge is 0.268 e. The van der Waals surface area contributed by atoms with Crippen LogP contribution in [0.1, 0.15) is 24.6 Å². The molecular formula is C20H23FN4O3S2. The molecule has 1 unspecified atom stereocenters. The Kier molecular flexibility index (Phi) is 6.01. The van der Waals surface area contributed by atoms with Gasteiger partial charge in [0.05, 0.1) is 9.77 Å². The summed E-state index contributed by atoms with van der Waals surface area (Å²) < 4.78 is 47.0. The molecule has 1 atom stereocenters. The number of aromatic nitrogens is 2. The van der Waals surface area contributed by atoms with Crippen molar-refractivity contribution < 1.29 is 17.3 Å². The summed E-state index contributed by atoms with van der Waals surface area (Å²) in [5, 5.41) is 3.93. The Labute approximate surface area is 179 Å². The number of hydrogen-bond acceptors (Lipinski definition) is 7. The summed E-state index contributed by atoms with van der Waals surface area (Å²) in [6, 6.07) is 7.56. The van der Waals surface area contributed by atoms with E-state index in [-0.39, 0.29) is 22.6 Å². The van der Waals surface area contributed by atoms with Crippen molar-refractivity contribution in [2.24, 2.45) is 0 Å². The summed E-state index contributed by atoms with van der Waals surface area (Å²) in [6.07, 6.45) is 2.09. The van der Waals surface area contributed by atoms with E-state index in [1.807, 2.05) is 0 Å². The minimum absolute atomic E-state index is 0.227. The van der Waals surface area contributed by atoms with Gasteiger partial charge in [-0.05, 0) is 63.2 Å². The number of nitrogens with zero attached hydrogens (tertiary/aromatic N) is 3. The Hall–Kier alpha value is -2.14. The molecule has 1 saturated heterocycles. The third-order valence-electron chi connectivity index (χ3n) is 5.32. The summed E-state index contributed by atoms with van der Waals surface area (Å²) >= 11 is 1.28. The molecule has 1 fully saturated rings. The van der Waals surface area contributed by atoms with E-state index in [0.717, 1.165) is 25.9 Å². The van der Waals surface area contributed by atoms with Crippen molar-refractivity contribution >= 4 is 21.4 Å². The number of sulfonamides is 1. The van der Waals surface area contributed by atoms with Crippen LogP contribution in [0.25, 0.3) is 22.2 Å². The second kappa shape index (κ2) is 8.54. The standard InChI is InChI=1S/C20H23FN4O3S2/c1-3-25-10-4-5-16(25)12-22-30(26,27)18-11-17(29-13(18)2)20-23-19(24-28-20)14-6-8-15(21)9-7-14/h6-9,11,16,22H,3-5,10,12H2,1-2H3. The van der Waals surface area contributed by atoms with Crippen molar-refractivity contribution in [1.29, 1.82) is 0 Å².